The Balaban J connectivity index is 1.77. The molecule has 1 aromatic heterocycles. The quantitative estimate of drug-likeness (QED) is 0.454. The standard InChI is InChI=1S/C24H20ClN3O4/c1-31-19-12-11-16(13-20(19)32-2)27-23(29)21-17-5-3-4-6-18(17)28(22(21)26)24(30)14-7-9-15(25)10-8-14/h3-13H,26H2,1-2H3,(H,27,29). The molecule has 0 aliphatic carbocycles. The van der Waals surface area contributed by atoms with E-state index < -0.39 is 5.91 Å². The molecule has 4 rings (SSSR count). The topological polar surface area (TPSA) is 95.6 Å². The number of ether oxygens (including phenoxy) is 2. The van der Waals surface area contributed by atoms with Gasteiger partial charge < -0.3 is 20.5 Å². The molecule has 1 amide bonds. The number of fused-ring (bicyclic) bond motifs is 1. The van der Waals surface area contributed by atoms with Crippen LogP contribution in [0.2, 0.25) is 5.02 Å². The van der Waals surface area contributed by atoms with Crippen molar-refractivity contribution in [1.82, 2.24) is 4.57 Å². The molecule has 0 radical (unpaired) electrons. The fourth-order valence-corrected chi connectivity index (χ4v) is 3.67. The van der Waals surface area contributed by atoms with Crippen LogP contribution < -0.4 is 20.5 Å². The Morgan fingerprint density at radius 1 is 0.938 bits per heavy atom. The first-order valence-corrected chi connectivity index (χ1v) is 10.0. The van der Waals surface area contributed by atoms with Gasteiger partial charge in [0.2, 0.25) is 0 Å². The number of halogens is 1. The van der Waals surface area contributed by atoms with Crippen molar-refractivity contribution in [1.29, 1.82) is 0 Å². The van der Waals surface area contributed by atoms with E-state index >= 15 is 0 Å². The molecule has 0 saturated heterocycles. The first kappa shape index (κ1) is 21.3. The van der Waals surface area contributed by atoms with E-state index in [1.807, 2.05) is 0 Å². The highest BCUT2D eigenvalue weighted by Gasteiger charge is 2.25. The Kier molecular flexibility index (Phi) is 5.75. The van der Waals surface area contributed by atoms with Crippen molar-refractivity contribution < 1.29 is 19.1 Å². The Morgan fingerprint density at radius 3 is 2.31 bits per heavy atom. The lowest BCUT2D eigenvalue weighted by Crippen LogP contribution is -2.18. The number of nitrogens with one attached hydrogen (secondary N) is 1. The van der Waals surface area contributed by atoms with Crippen molar-refractivity contribution in [2.45, 2.75) is 0 Å². The summed E-state index contributed by atoms with van der Waals surface area (Å²) in [6.45, 7) is 0. The molecule has 0 fully saturated rings. The molecular formula is C24H20ClN3O4. The molecule has 3 aromatic carbocycles. The van der Waals surface area contributed by atoms with E-state index in [0.29, 0.717) is 38.7 Å². The molecule has 0 bridgehead atoms. The summed E-state index contributed by atoms with van der Waals surface area (Å²) in [6.07, 6.45) is 0. The number of hydrogen-bond acceptors (Lipinski definition) is 5. The maximum atomic E-state index is 13.2. The van der Waals surface area contributed by atoms with Gasteiger partial charge in [-0.25, -0.2) is 0 Å². The van der Waals surface area contributed by atoms with E-state index in [0.717, 1.165) is 0 Å². The number of hydrogen-bond donors (Lipinski definition) is 2. The SMILES string of the molecule is COc1ccc(NC(=O)c2c(N)n(C(=O)c3ccc(Cl)cc3)c3ccccc23)cc1OC. The molecule has 1 heterocycles. The zero-order valence-electron chi connectivity index (χ0n) is 17.4. The van der Waals surface area contributed by atoms with Crippen LogP contribution in [0.1, 0.15) is 20.7 Å². The van der Waals surface area contributed by atoms with E-state index in [-0.39, 0.29) is 17.3 Å². The third kappa shape index (κ3) is 3.74. The summed E-state index contributed by atoms with van der Waals surface area (Å²) in [5, 5.41) is 3.90. The zero-order valence-corrected chi connectivity index (χ0v) is 18.1. The van der Waals surface area contributed by atoms with Crippen molar-refractivity contribution in [2.75, 3.05) is 25.3 Å². The molecule has 7 nitrogen and oxygen atoms in total. The predicted octanol–water partition coefficient (Wildman–Crippen LogP) is 4.83. The van der Waals surface area contributed by atoms with Crippen LogP contribution in [0.15, 0.2) is 66.7 Å². The lowest BCUT2D eigenvalue weighted by atomic mass is 10.1. The second-order valence-corrected chi connectivity index (χ2v) is 7.39. The first-order chi connectivity index (χ1) is 15.4. The van der Waals surface area contributed by atoms with Gasteiger partial charge in [0.1, 0.15) is 5.82 Å². The summed E-state index contributed by atoms with van der Waals surface area (Å²) in [5.41, 5.74) is 7.98. The molecule has 32 heavy (non-hydrogen) atoms. The van der Waals surface area contributed by atoms with Gasteiger partial charge in [-0.15, -0.1) is 0 Å². The summed E-state index contributed by atoms with van der Waals surface area (Å²) in [5.74, 6) is 0.243. The molecule has 4 aromatic rings. The Bertz CT molecular complexity index is 1330. The van der Waals surface area contributed by atoms with Gasteiger partial charge in [-0.05, 0) is 42.5 Å². The minimum absolute atomic E-state index is 0.0455. The number of amides is 1. The van der Waals surface area contributed by atoms with Gasteiger partial charge in [0.25, 0.3) is 11.8 Å². The Hall–Kier alpha value is -3.97. The lowest BCUT2D eigenvalue weighted by molar-refractivity contribution is 0.0967. The fourth-order valence-electron chi connectivity index (χ4n) is 3.55. The number of anilines is 2. The van der Waals surface area contributed by atoms with Crippen molar-refractivity contribution >= 4 is 45.8 Å². The third-order valence-electron chi connectivity index (χ3n) is 5.07. The van der Waals surface area contributed by atoms with Crippen LogP contribution in [0, 0.1) is 0 Å². The number of nitrogen functional groups attached to an aromatic ring is 1. The van der Waals surface area contributed by atoms with Crippen molar-refractivity contribution in [3.05, 3.63) is 82.9 Å². The Labute approximate surface area is 189 Å². The van der Waals surface area contributed by atoms with Crippen LogP contribution in [-0.4, -0.2) is 30.6 Å². The average Bonchev–Trinajstić information content (AvgIpc) is 3.10. The number of nitrogens with two attached hydrogens (primary N) is 1. The fraction of sp³-hybridized carbons (Fsp3) is 0.0833. The molecule has 8 heteroatoms. The third-order valence-corrected chi connectivity index (χ3v) is 5.33. The normalized spacial score (nSPS) is 10.7. The number of rotatable bonds is 5. The van der Waals surface area contributed by atoms with E-state index in [1.54, 1.807) is 66.7 Å². The predicted molar refractivity (Wildman–Crippen MR) is 125 cm³/mol. The molecule has 0 aliphatic heterocycles. The molecule has 0 aliphatic rings. The highest BCUT2D eigenvalue weighted by molar-refractivity contribution is 6.30. The summed E-state index contributed by atoms with van der Waals surface area (Å²) in [4.78, 5) is 26.4. The van der Waals surface area contributed by atoms with Gasteiger partial charge in [0, 0.05) is 27.7 Å². The Morgan fingerprint density at radius 2 is 1.62 bits per heavy atom. The maximum Gasteiger partial charge on any atom is 0.263 e. The summed E-state index contributed by atoms with van der Waals surface area (Å²) >= 11 is 5.94. The van der Waals surface area contributed by atoms with E-state index in [9.17, 15) is 9.59 Å². The molecule has 3 N–H and O–H groups in total. The second kappa shape index (κ2) is 8.64. The highest BCUT2D eigenvalue weighted by Crippen LogP contribution is 2.32. The van der Waals surface area contributed by atoms with Gasteiger partial charge in [0.15, 0.2) is 11.5 Å². The largest absolute Gasteiger partial charge is 0.493 e. The van der Waals surface area contributed by atoms with Crippen LogP contribution >= 0.6 is 11.6 Å². The molecule has 0 unspecified atom stereocenters. The van der Waals surface area contributed by atoms with Crippen LogP contribution in [0.25, 0.3) is 10.9 Å². The number of carbonyl (C=O) groups excluding carboxylic acids is 2. The van der Waals surface area contributed by atoms with Gasteiger partial charge in [-0.1, -0.05) is 29.8 Å². The number of aromatic nitrogens is 1. The van der Waals surface area contributed by atoms with E-state index in [4.69, 9.17) is 26.8 Å². The smallest absolute Gasteiger partial charge is 0.263 e. The molecule has 0 spiro atoms. The van der Waals surface area contributed by atoms with Gasteiger partial charge >= 0.3 is 0 Å². The van der Waals surface area contributed by atoms with Crippen molar-refractivity contribution in [3.63, 3.8) is 0 Å². The molecule has 0 saturated carbocycles. The zero-order chi connectivity index (χ0) is 22.8. The number of nitrogens with zero attached hydrogens (tertiary/aromatic N) is 1. The number of para-hydroxylation sites is 1. The second-order valence-electron chi connectivity index (χ2n) is 6.95. The average molecular weight is 450 g/mol. The lowest BCUT2D eigenvalue weighted by Gasteiger charge is -2.11. The van der Waals surface area contributed by atoms with Crippen molar-refractivity contribution in [2.24, 2.45) is 0 Å². The van der Waals surface area contributed by atoms with Crippen LogP contribution in [0.3, 0.4) is 0 Å². The number of carbonyl (C=O) groups is 2. The molecular weight excluding hydrogens is 430 g/mol. The van der Waals surface area contributed by atoms with Crippen molar-refractivity contribution in [3.8, 4) is 11.5 Å². The number of methoxy groups -OCH3 is 2. The highest BCUT2D eigenvalue weighted by atomic mass is 35.5. The number of benzene rings is 3. The summed E-state index contributed by atoms with van der Waals surface area (Å²) < 4.78 is 11.9. The van der Waals surface area contributed by atoms with Crippen LogP contribution in [-0.2, 0) is 0 Å². The van der Waals surface area contributed by atoms with Gasteiger partial charge in [-0.3, -0.25) is 14.2 Å². The van der Waals surface area contributed by atoms with E-state index in [1.165, 1.54) is 18.8 Å². The summed E-state index contributed by atoms with van der Waals surface area (Å²) in [7, 11) is 3.04. The minimum atomic E-state index is -0.450. The minimum Gasteiger partial charge on any atom is -0.493 e. The van der Waals surface area contributed by atoms with Gasteiger partial charge in [0.05, 0.1) is 25.3 Å². The van der Waals surface area contributed by atoms with Crippen LogP contribution in [0.4, 0.5) is 11.5 Å². The van der Waals surface area contributed by atoms with E-state index in [2.05, 4.69) is 5.32 Å². The van der Waals surface area contributed by atoms with Gasteiger partial charge in [-0.2, -0.15) is 0 Å². The molecule has 162 valence electrons. The monoisotopic (exact) mass is 449 g/mol. The van der Waals surface area contributed by atoms with Crippen LogP contribution in [0.5, 0.6) is 11.5 Å². The summed E-state index contributed by atoms with van der Waals surface area (Å²) in [6, 6.07) is 18.6. The maximum absolute atomic E-state index is 13.2. The first-order valence-electron chi connectivity index (χ1n) is 9.67. The molecule has 0 atom stereocenters.